The van der Waals surface area contributed by atoms with Gasteiger partial charge in [-0.2, -0.15) is 0 Å². The first-order valence-corrected chi connectivity index (χ1v) is 5.86. The Balaban J connectivity index is 1.85. The molecule has 0 saturated carbocycles. The molecule has 2 saturated heterocycles. The van der Waals surface area contributed by atoms with Crippen molar-refractivity contribution in [3.63, 3.8) is 0 Å². The molecule has 0 aromatic rings. The summed E-state index contributed by atoms with van der Waals surface area (Å²) in [6.07, 6.45) is 2.07. The highest BCUT2D eigenvalue weighted by atomic mass is 16.6. The third-order valence-electron chi connectivity index (χ3n) is 3.46. The van der Waals surface area contributed by atoms with Crippen LogP contribution in [-0.4, -0.2) is 54.2 Å². The molecular weight excluding hydrogens is 192 g/mol. The predicted molar refractivity (Wildman–Crippen MR) is 57.8 cm³/mol. The van der Waals surface area contributed by atoms with E-state index in [1.54, 1.807) is 0 Å². The number of ether oxygens (including phenoxy) is 1. The molecule has 0 aromatic heterocycles. The molecule has 0 aliphatic carbocycles. The quantitative estimate of drug-likeness (QED) is 0.692. The predicted octanol–water partition coefficient (Wildman–Crippen LogP) is 1.31. The molecule has 2 fully saturated rings. The standard InChI is InChI=1S/C11H20N2O2/c1-9(2)12-5-3-10(4-6-12)13-7-8-15-11(13)14/h9-10H,3-8H2,1-2H3. The highest BCUT2D eigenvalue weighted by Crippen LogP contribution is 2.20. The fourth-order valence-corrected chi connectivity index (χ4v) is 2.45. The van der Waals surface area contributed by atoms with E-state index in [-0.39, 0.29) is 6.09 Å². The lowest BCUT2D eigenvalue weighted by molar-refractivity contribution is 0.105. The maximum atomic E-state index is 11.4. The highest BCUT2D eigenvalue weighted by molar-refractivity contribution is 5.69. The van der Waals surface area contributed by atoms with Crippen LogP contribution < -0.4 is 0 Å². The summed E-state index contributed by atoms with van der Waals surface area (Å²) in [6.45, 7) is 8.02. The van der Waals surface area contributed by atoms with Gasteiger partial charge in [0, 0.05) is 25.2 Å². The fraction of sp³-hybridized carbons (Fsp3) is 0.909. The van der Waals surface area contributed by atoms with E-state index in [0.717, 1.165) is 32.5 Å². The molecule has 0 atom stereocenters. The van der Waals surface area contributed by atoms with Gasteiger partial charge in [-0.1, -0.05) is 0 Å². The topological polar surface area (TPSA) is 32.8 Å². The number of rotatable bonds is 2. The first-order valence-electron chi connectivity index (χ1n) is 5.86. The van der Waals surface area contributed by atoms with Gasteiger partial charge in [-0.25, -0.2) is 4.79 Å². The first kappa shape index (κ1) is 10.7. The summed E-state index contributed by atoms with van der Waals surface area (Å²) < 4.78 is 4.97. The van der Waals surface area contributed by atoms with Gasteiger partial charge in [0.2, 0.25) is 0 Å². The molecule has 15 heavy (non-hydrogen) atoms. The van der Waals surface area contributed by atoms with Gasteiger partial charge >= 0.3 is 6.09 Å². The van der Waals surface area contributed by atoms with E-state index in [2.05, 4.69) is 18.7 Å². The largest absolute Gasteiger partial charge is 0.448 e. The Morgan fingerprint density at radius 2 is 1.93 bits per heavy atom. The maximum absolute atomic E-state index is 11.4. The molecule has 2 rings (SSSR count). The Morgan fingerprint density at radius 3 is 2.40 bits per heavy atom. The fourth-order valence-electron chi connectivity index (χ4n) is 2.45. The van der Waals surface area contributed by atoms with E-state index >= 15 is 0 Å². The molecule has 4 nitrogen and oxygen atoms in total. The van der Waals surface area contributed by atoms with Crippen LogP contribution in [0.25, 0.3) is 0 Å². The van der Waals surface area contributed by atoms with Crippen molar-refractivity contribution in [2.24, 2.45) is 0 Å². The Morgan fingerprint density at radius 1 is 1.27 bits per heavy atom. The van der Waals surface area contributed by atoms with Crippen LogP contribution >= 0.6 is 0 Å². The maximum Gasteiger partial charge on any atom is 0.410 e. The van der Waals surface area contributed by atoms with Crippen LogP contribution in [0, 0.1) is 0 Å². The average Bonchev–Trinajstić information content (AvgIpc) is 2.65. The minimum atomic E-state index is -0.113. The zero-order valence-corrected chi connectivity index (χ0v) is 9.61. The van der Waals surface area contributed by atoms with Crippen LogP contribution in [0.4, 0.5) is 4.79 Å². The van der Waals surface area contributed by atoms with Crippen molar-refractivity contribution in [3.8, 4) is 0 Å². The molecule has 2 aliphatic heterocycles. The van der Waals surface area contributed by atoms with E-state index in [1.807, 2.05) is 4.90 Å². The second-order valence-corrected chi connectivity index (χ2v) is 4.67. The van der Waals surface area contributed by atoms with Gasteiger partial charge < -0.3 is 14.5 Å². The lowest BCUT2D eigenvalue weighted by Gasteiger charge is -2.37. The zero-order valence-electron chi connectivity index (χ0n) is 9.61. The summed E-state index contributed by atoms with van der Waals surface area (Å²) in [4.78, 5) is 15.7. The van der Waals surface area contributed by atoms with Gasteiger partial charge in [-0.15, -0.1) is 0 Å². The van der Waals surface area contributed by atoms with E-state index in [1.165, 1.54) is 0 Å². The van der Waals surface area contributed by atoms with Crippen LogP contribution in [-0.2, 0) is 4.74 Å². The lowest BCUT2D eigenvalue weighted by atomic mass is 10.0. The molecule has 0 N–H and O–H groups in total. The van der Waals surface area contributed by atoms with Crippen LogP contribution in [0.5, 0.6) is 0 Å². The molecule has 0 bridgehead atoms. The Hall–Kier alpha value is -0.770. The highest BCUT2D eigenvalue weighted by Gasteiger charge is 2.32. The second kappa shape index (κ2) is 4.39. The molecular formula is C11H20N2O2. The van der Waals surface area contributed by atoms with Crippen molar-refractivity contribution in [3.05, 3.63) is 0 Å². The van der Waals surface area contributed by atoms with E-state index in [0.29, 0.717) is 18.7 Å². The van der Waals surface area contributed by atoms with Crippen LogP contribution in [0.1, 0.15) is 26.7 Å². The minimum absolute atomic E-state index is 0.113. The first-order chi connectivity index (χ1) is 7.18. The normalized spacial score (nSPS) is 25.0. The molecule has 86 valence electrons. The smallest absolute Gasteiger partial charge is 0.410 e. The number of likely N-dealkylation sites (tertiary alicyclic amines) is 1. The number of cyclic esters (lactones) is 1. The number of carbonyl (C=O) groups is 1. The van der Waals surface area contributed by atoms with Crippen LogP contribution in [0.3, 0.4) is 0 Å². The van der Waals surface area contributed by atoms with E-state index in [4.69, 9.17) is 4.74 Å². The molecule has 1 amide bonds. The number of hydrogen-bond acceptors (Lipinski definition) is 3. The van der Waals surface area contributed by atoms with Gasteiger partial charge in [0.05, 0.1) is 6.54 Å². The number of piperidine rings is 1. The van der Waals surface area contributed by atoms with Crippen molar-refractivity contribution in [2.45, 2.75) is 38.8 Å². The van der Waals surface area contributed by atoms with Crippen LogP contribution in [0.2, 0.25) is 0 Å². The Kier molecular flexibility index (Phi) is 3.14. The molecule has 0 radical (unpaired) electrons. The summed E-state index contributed by atoms with van der Waals surface area (Å²) >= 11 is 0. The van der Waals surface area contributed by atoms with E-state index < -0.39 is 0 Å². The van der Waals surface area contributed by atoms with Crippen LogP contribution in [0.15, 0.2) is 0 Å². The summed E-state index contributed by atoms with van der Waals surface area (Å²) in [5, 5.41) is 0. The van der Waals surface area contributed by atoms with E-state index in [9.17, 15) is 4.79 Å². The molecule has 2 aliphatic rings. The monoisotopic (exact) mass is 212 g/mol. The summed E-state index contributed by atoms with van der Waals surface area (Å²) in [6, 6.07) is 1.03. The van der Waals surface area contributed by atoms with Gasteiger partial charge in [0.1, 0.15) is 6.61 Å². The van der Waals surface area contributed by atoms with Gasteiger partial charge in [0.15, 0.2) is 0 Å². The number of amides is 1. The zero-order chi connectivity index (χ0) is 10.8. The second-order valence-electron chi connectivity index (χ2n) is 4.67. The van der Waals surface area contributed by atoms with Crippen molar-refractivity contribution >= 4 is 6.09 Å². The molecule has 4 heteroatoms. The average molecular weight is 212 g/mol. The minimum Gasteiger partial charge on any atom is -0.448 e. The number of carbonyl (C=O) groups excluding carboxylic acids is 1. The van der Waals surface area contributed by atoms with Gasteiger partial charge in [-0.3, -0.25) is 0 Å². The molecule has 2 heterocycles. The molecule has 0 spiro atoms. The SMILES string of the molecule is CC(C)N1CCC(N2CCOC2=O)CC1. The van der Waals surface area contributed by atoms with Crippen molar-refractivity contribution in [2.75, 3.05) is 26.2 Å². The number of hydrogen-bond donors (Lipinski definition) is 0. The van der Waals surface area contributed by atoms with Crippen molar-refractivity contribution in [1.82, 2.24) is 9.80 Å². The lowest BCUT2D eigenvalue weighted by Crippen LogP contribution is -2.47. The summed E-state index contributed by atoms with van der Waals surface area (Å²) in [5.74, 6) is 0. The number of nitrogens with zero attached hydrogens (tertiary/aromatic N) is 2. The van der Waals surface area contributed by atoms with Crippen molar-refractivity contribution < 1.29 is 9.53 Å². The third-order valence-corrected chi connectivity index (χ3v) is 3.46. The summed E-state index contributed by atoms with van der Waals surface area (Å²) in [5.41, 5.74) is 0. The van der Waals surface area contributed by atoms with Gasteiger partial charge in [0.25, 0.3) is 0 Å². The molecule has 0 aromatic carbocycles. The Bertz CT molecular complexity index is 235. The molecule has 0 unspecified atom stereocenters. The third kappa shape index (κ3) is 2.25. The van der Waals surface area contributed by atoms with Gasteiger partial charge in [-0.05, 0) is 26.7 Å². The Labute approximate surface area is 91.2 Å². The van der Waals surface area contributed by atoms with Crippen molar-refractivity contribution in [1.29, 1.82) is 0 Å². The summed E-state index contributed by atoms with van der Waals surface area (Å²) in [7, 11) is 0.